The highest BCUT2D eigenvalue weighted by Crippen LogP contribution is 2.05. The molecule has 0 unspecified atom stereocenters. The zero-order valence-corrected chi connectivity index (χ0v) is 13.4. The van der Waals surface area contributed by atoms with Crippen LogP contribution in [0.25, 0.3) is 0 Å². The quantitative estimate of drug-likeness (QED) is 0.944. The third-order valence-electron chi connectivity index (χ3n) is 3.04. The fourth-order valence-corrected chi connectivity index (χ4v) is 1.95. The average molecular weight is 299 g/mol. The highest BCUT2D eigenvalue weighted by Gasteiger charge is 2.17. The molecule has 1 N–H and O–H groups in total. The molecule has 0 bridgehead atoms. The summed E-state index contributed by atoms with van der Waals surface area (Å²) >= 11 is 0. The van der Waals surface area contributed by atoms with Crippen LogP contribution < -0.4 is 10.9 Å². The number of nitrogens with zero attached hydrogens (tertiary/aromatic N) is 2. The van der Waals surface area contributed by atoms with Gasteiger partial charge < -0.3 is 5.32 Å². The maximum atomic E-state index is 12.1. The van der Waals surface area contributed by atoms with Crippen molar-refractivity contribution < 1.29 is 4.79 Å². The molecular formula is C17H21N3O2. The van der Waals surface area contributed by atoms with E-state index in [0.717, 1.165) is 11.1 Å². The smallest absolute Gasteiger partial charge is 0.272 e. The first-order valence-corrected chi connectivity index (χ1v) is 7.21. The van der Waals surface area contributed by atoms with Gasteiger partial charge in [0.25, 0.3) is 11.5 Å². The standard InChI is InChI=1S/C17H21N3O2/c1-12-5-7-13(8-6-12)11-20-15(21)10-9-14(19-20)16(22)18-17(2,3)4/h5-10H,11H2,1-4H3,(H,18,22). The highest BCUT2D eigenvalue weighted by molar-refractivity contribution is 5.92. The van der Waals surface area contributed by atoms with Gasteiger partial charge in [0.15, 0.2) is 0 Å². The molecule has 0 saturated carbocycles. The second kappa shape index (κ2) is 6.13. The molecule has 1 heterocycles. The summed E-state index contributed by atoms with van der Waals surface area (Å²) in [5.74, 6) is -0.287. The maximum absolute atomic E-state index is 12.1. The van der Waals surface area contributed by atoms with E-state index in [-0.39, 0.29) is 22.7 Å². The topological polar surface area (TPSA) is 64.0 Å². The fourth-order valence-electron chi connectivity index (χ4n) is 1.95. The van der Waals surface area contributed by atoms with E-state index in [9.17, 15) is 9.59 Å². The number of hydrogen-bond acceptors (Lipinski definition) is 3. The van der Waals surface area contributed by atoms with Gasteiger partial charge in [-0.05, 0) is 39.3 Å². The SMILES string of the molecule is Cc1ccc(Cn2nc(C(=O)NC(C)(C)C)ccc2=O)cc1. The molecule has 0 spiro atoms. The number of aromatic nitrogens is 2. The zero-order valence-electron chi connectivity index (χ0n) is 13.4. The lowest BCUT2D eigenvalue weighted by Crippen LogP contribution is -2.41. The molecule has 1 aromatic heterocycles. The number of carbonyl (C=O) groups excluding carboxylic acids is 1. The van der Waals surface area contributed by atoms with Crippen molar-refractivity contribution in [2.45, 2.75) is 39.8 Å². The predicted molar refractivity (Wildman–Crippen MR) is 86.0 cm³/mol. The summed E-state index contributed by atoms with van der Waals surface area (Å²) in [4.78, 5) is 24.1. The van der Waals surface area contributed by atoms with Gasteiger partial charge >= 0.3 is 0 Å². The number of benzene rings is 1. The van der Waals surface area contributed by atoms with Gasteiger partial charge in [-0.3, -0.25) is 9.59 Å². The van der Waals surface area contributed by atoms with E-state index in [2.05, 4.69) is 10.4 Å². The van der Waals surface area contributed by atoms with Crippen molar-refractivity contribution in [3.63, 3.8) is 0 Å². The van der Waals surface area contributed by atoms with Crippen molar-refractivity contribution in [3.8, 4) is 0 Å². The van der Waals surface area contributed by atoms with Crippen LogP contribution in [0, 0.1) is 6.92 Å². The van der Waals surface area contributed by atoms with Crippen LogP contribution in [0.5, 0.6) is 0 Å². The van der Waals surface area contributed by atoms with Crippen LogP contribution in [0.4, 0.5) is 0 Å². The Morgan fingerprint density at radius 2 is 1.77 bits per heavy atom. The van der Waals surface area contributed by atoms with Gasteiger partial charge in [-0.1, -0.05) is 29.8 Å². The Morgan fingerprint density at radius 3 is 2.36 bits per heavy atom. The molecule has 0 radical (unpaired) electrons. The summed E-state index contributed by atoms with van der Waals surface area (Å²) in [6.07, 6.45) is 0. The van der Waals surface area contributed by atoms with Gasteiger partial charge in [0, 0.05) is 11.6 Å². The molecule has 116 valence electrons. The van der Waals surface area contributed by atoms with Crippen molar-refractivity contribution in [2.24, 2.45) is 0 Å². The Hall–Kier alpha value is -2.43. The van der Waals surface area contributed by atoms with E-state index in [1.807, 2.05) is 52.0 Å². The van der Waals surface area contributed by atoms with Crippen LogP contribution in [0.3, 0.4) is 0 Å². The highest BCUT2D eigenvalue weighted by atomic mass is 16.2. The summed E-state index contributed by atoms with van der Waals surface area (Å²) in [5.41, 5.74) is 1.78. The number of aryl methyl sites for hydroxylation is 1. The van der Waals surface area contributed by atoms with E-state index in [1.54, 1.807) is 0 Å². The second-order valence-corrected chi connectivity index (χ2v) is 6.40. The number of rotatable bonds is 3. The first kappa shape index (κ1) is 15.9. The number of amides is 1. The second-order valence-electron chi connectivity index (χ2n) is 6.40. The van der Waals surface area contributed by atoms with Crippen molar-refractivity contribution in [1.82, 2.24) is 15.1 Å². The molecule has 0 fully saturated rings. The number of hydrogen-bond donors (Lipinski definition) is 1. The number of carbonyl (C=O) groups is 1. The molecule has 0 aliphatic rings. The molecule has 5 nitrogen and oxygen atoms in total. The van der Waals surface area contributed by atoms with Crippen LogP contribution in [-0.4, -0.2) is 21.2 Å². The lowest BCUT2D eigenvalue weighted by atomic mass is 10.1. The average Bonchev–Trinajstić information content (AvgIpc) is 2.41. The molecule has 1 amide bonds. The van der Waals surface area contributed by atoms with Crippen molar-refractivity contribution in [1.29, 1.82) is 0 Å². The zero-order chi connectivity index (χ0) is 16.3. The van der Waals surface area contributed by atoms with E-state index in [1.165, 1.54) is 16.8 Å². The molecule has 2 aromatic rings. The van der Waals surface area contributed by atoms with Crippen molar-refractivity contribution >= 4 is 5.91 Å². The molecule has 0 saturated heterocycles. The minimum Gasteiger partial charge on any atom is -0.346 e. The van der Waals surface area contributed by atoms with Crippen LogP contribution in [-0.2, 0) is 6.54 Å². The normalized spacial score (nSPS) is 11.3. The molecular weight excluding hydrogens is 278 g/mol. The van der Waals surface area contributed by atoms with Gasteiger partial charge in [0.1, 0.15) is 5.69 Å². The largest absolute Gasteiger partial charge is 0.346 e. The third-order valence-corrected chi connectivity index (χ3v) is 3.04. The minimum absolute atomic E-state index is 0.229. The van der Waals surface area contributed by atoms with Gasteiger partial charge in [-0.15, -0.1) is 0 Å². The maximum Gasteiger partial charge on any atom is 0.272 e. The summed E-state index contributed by atoms with van der Waals surface area (Å²) in [6, 6.07) is 10.7. The van der Waals surface area contributed by atoms with Gasteiger partial charge in [0.05, 0.1) is 6.54 Å². The Bertz CT molecular complexity index is 725. The van der Waals surface area contributed by atoms with Gasteiger partial charge in [-0.25, -0.2) is 4.68 Å². The van der Waals surface area contributed by atoms with E-state index < -0.39 is 0 Å². The summed E-state index contributed by atoms with van der Waals surface area (Å²) in [5, 5.41) is 7.00. The fraction of sp³-hybridized carbons (Fsp3) is 0.353. The molecule has 0 atom stereocenters. The van der Waals surface area contributed by atoms with Crippen LogP contribution >= 0.6 is 0 Å². The lowest BCUT2D eigenvalue weighted by molar-refractivity contribution is 0.0912. The van der Waals surface area contributed by atoms with Crippen LogP contribution in [0.2, 0.25) is 0 Å². The molecule has 0 aliphatic heterocycles. The summed E-state index contributed by atoms with van der Waals surface area (Å²) < 4.78 is 1.31. The van der Waals surface area contributed by atoms with Crippen molar-refractivity contribution in [2.75, 3.05) is 0 Å². The first-order chi connectivity index (χ1) is 10.2. The minimum atomic E-state index is -0.351. The Labute approximate surface area is 130 Å². The number of nitrogens with one attached hydrogen (secondary N) is 1. The Balaban J connectivity index is 2.25. The van der Waals surface area contributed by atoms with Gasteiger partial charge in [-0.2, -0.15) is 5.10 Å². The van der Waals surface area contributed by atoms with E-state index >= 15 is 0 Å². The Kier molecular flexibility index (Phi) is 4.45. The van der Waals surface area contributed by atoms with Gasteiger partial charge in [0.2, 0.25) is 0 Å². The molecule has 22 heavy (non-hydrogen) atoms. The molecule has 1 aromatic carbocycles. The lowest BCUT2D eigenvalue weighted by Gasteiger charge is -2.20. The van der Waals surface area contributed by atoms with Crippen molar-refractivity contribution in [3.05, 3.63) is 63.6 Å². The third kappa shape index (κ3) is 4.28. The predicted octanol–water partition coefficient (Wildman–Crippen LogP) is 2.13. The first-order valence-electron chi connectivity index (χ1n) is 7.21. The van der Waals surface area contributed by atoms with Crippen LogP contribution in [0.1, 0.15) is 42.4 Å². The van der Waals surface area contributed by atoms with Crippen LogP contribution in [0.15, 0.2) is 41.2 Å². The Morgan fingerprint density at radius 1 is 1.14 bits per heavy atom. The molecule has 0 aliphatic carbocycles. The molecule has 2 rings (SSSR count). The monoisotopic (exact) mass is 299 g/mol. The van der Waals surface area contributed by atoms with E-state index in [4.69, 9.17) is 0 Å². The summed E-state index contributed by atoms with van der Waals surface area (Å²) in [7, 11) is 0. The summed E-state index contributed by atoms with van der Waals surface area (Å²) in [6.45, 7) is 8.04. The molecule has 5 heteroatoms. The van der Waals surface area contributed by atoms with E-state index in [0.29, 0.717) is 6.54 Å².